The number of hydrogen-bond donors (Lipinski definition) is 1. The molecule has 1 atom stereocenters. The monoisotopic (exact) mass is 441 g/mol. The van der Waals surface area contributed by atoms with E-state index in [1.54, 1.807) is 0 Å². The van der Waals surface area contributed by atoms with E-state index in [9.17, 15) is 13.2 Å². The minimum atomic E-state index is -3.30. The first-order chi connectivity index (χ1) is 14.3. The topological polar surface area (TPSA) is 79.4 Å². The van der Waals surface area contributed by atoms with Crippen molar-refractivity contribution in [1.82, 2.24) is 10.3 Å². The second-order valence-electron chi connectivity index (χ2n) is 7.52. The largest absolute Gasteiger partial charge is 0.352 e. The molecule has 3 aromatic rings. The Kier molecular flexibility index (Phi) is 5.62. The molecule has 1 N–H and O–H groups in total. The van der Waals surface area contributed by atoms with Crippen molar-refractivity contribution in [3.05, 3.63) is 70.0 Å². The van der Waals surface area contributed by atoms with Gasteiger partial charge in [-0.05, 0) is 36.6 Å². The van der Waals surface area contributed by atoms with E-state index >= 15 is 0 Å². The number of aromatic nitrogens is 1. The van der Waals surface area contributed by atoms with Crippen molar-refractivity contribution in [3.63, 3.8) is 0 Å². The zero-order chi connectivity index (χ0) is 21.3. The van der Waals surface area contributed by atoms with E-state index in [1.165, 1.54) is 21.9 Å². The van der Waals surface area contributed by atoms with Crippen molar-refractivity contribution in [2.45, 2.75) is 32.4 Å². The van der Waals surface area contributed by atoms with Crippen molar-refractivity contribution in [3.8, 4) is 11.3 Å². The highest BCUT2D eigenvalue weighted by Gasteiger charge is 2.32. The summed E-state index contributed by atoms with van der Waals surface area (Å²) in [6.07, 6.45) is 2.15. The molecular weight excluding hydrogens is 418 g/mol. The van der Waals surface area contributed by atoms with E-state index < -0.39 is 10.0 Å². The third-order valence-electron chi connectivity index (χ3n) is 5.08. The lowest BCUT2D eigenvalue weighted by molar-refractivity contribution is -0.120. The highest BCUT2D eigenvalue weighted by molar-refractivity contribution is 7.92. The van der Waals surface area contributed by atoms with Crippen LogP contribution in [0.15, 0.2) is 53.9 Å². The van der Waals surface area contributed by atoms with E-state index in [4.69, 9.17) is 0 Å². The number of sulfonamides is 1. The molecule has 1 aliphatic heterocycles. The maximum atomic E-state index is 12.2. The molecule has 1 unspecified atom stereocenters. The zero-order valence-corrected chi connectivity index (χ0v) is 18.5. The van der Waals surface area contributed by atoms with Gasteiger partial charge >= 0.3 is 0 Å². The molecule has 0 bridgehead atoms. The fraction of sp³-hybridized carbons (Fsp3) is 0.273. The van der Waals surface area contributed by atoms with Crippen LogP contribution in [-0.2, 0) is 34.2 Å². The van der Waals surface area contributed by atoms with Crippen LogP contribution in [0, 0.1) is 0 Å². The van der Waals surface area contributed by atoms with Crippen LogP contribution in [-0.4, -0.2) is 31.6 Å². The van der Waals surface area contributed by atoms with Crippen LogP contribution in [0.1, 0.15) is 23.1 Å². The molecule has 1 aliphatic rings. The fourth-order valence-corrected chi connectivity index (χ4v) is 5.85. The van der Waals surface area contributed by atoms with Crippen LogP contribution in [0.5, 0.6) is 0 Å². The van der Waals surface area contributed by atoms with Gasteiger partial charge in [0.1, 0.15) is 5.01 Å². The molecular formula is C22H23N3O3S2. The number of hydrogen-bond acceptors (Lipinski definition) is 5. The average Bonchev–Trinajstić information content (AvgIpc) is 3.29. The lowest BCUT2D eigenvalue weighted by atomic mass is 10.1. The van der Waals surface area contributed by atoms with Gasteiger partial charge in [-0.3, -0.25) is 9.10 Å². The maximum Gasteiger partial charge on any atom is 0.232 e. The van der Waals surface area contributed by atoms with Crippen LogP contribution >= 0.6 is 11.3 Å². The highest BCUT2D eigenvalue weighted by Crippen LogP contribution is 2.37. The number of amides is 1. The standard InChI is InChI=1S/C22H23N3O3S2/c1-15-10-18-11-17(8-9-20(18)25(15)30(2,27)28)19-14-29-22(24-19)12-21(26)23-13-16-6-4-3-5-7-16/h3-9,11,14-15H,10,12-13H2,1-2H3,(H,23,26). The minimum absolute atomic E-state index is 0.0636. The molecule has 1 aromatic heterocycles. The molecule has 4 rings (SSSR count). The average molecular weight is 442 g/mol. The third-order valence-corrected chi connectivity index (χ3v) is 7.20. The predicted molar refractivity (Wildman–Crippen MR) is 120 cm³/mol. The molecule has 156 valence electrons. The molecule has 0 saturated carbocycles. The quantitative estimate of drug-likeness (QED) is 0.636. The Bertz CT molecular complexity index is 1170. The SMILES string of the molecule is CC1Cc2cc(-c3csc(CC(=O)NCc4ccccc4)n3)ccc2N1S(C)(=O)=O. The van der Waals surface area contributed by atoms with Gasteiger partial charge in [-0.1, -0.05) is 36.4 Å². The van der Waals surface area contributed by atoms with Crippen molar-refractivity contribution in [2.75, 3.05) is 10.6 Å². The lowest BCUT2D eigenvalue weighted by Crippen LogP contribution is -2.34. The van der Waals surface area contributed by atoms with E-state index in [0.717, 1.165) is 33.1 Å². The Morgan fingerprint density at radius 2 is 2.00 bits per heavy atom. The van der Waals surface area contributed by atoms with Gasteiger partial charge in [-0.25, -0.2) is 13.4 Å². The molecule has 0 fully saturated rings. The van der Waals surface area contributed by atoms with Crippen LogP contribution in [0.4, 0.5) is 5.69 Å². The lowest BCUT2D eigenvalue weighted by Gasteiger charge is -2.21. The van der Waals surface area contributed by atoms with Crippen LogP contribution in [0.25, 0.3) is 11.3 Å². The van der Waals surface area contributed by atoms with Crippen LogP contribution < -0.4 is 9.62 Å². The molecule has 0 aliphatic carbocycles. The summed E-state index contributed by atoms with van der Waals surface area (Å²) in [5.74, 6) is -0.0636. The van der Waals surface area contributed by atoms with Gasteiger partial charge in [0.2, 0.25) is 15.9 Å². The number of nitrogens with zero attached hydrogens (tertiary/aromatic N) is 2. The summed E-state index contributed by atoms with van der Waals surface area (Å²) in [5, 5.41) is 5.61. The number of thiazole rings is 1. The van der Waals surface area contributed by atoms with Crippen molar-refractivity contribution >= 4 is 33.0 Å². The first-order valence-electron chi connectivity index (χ1n) is 9.69. The van der Waals surface area contributed by atoms with E-state index in [-0.39, 0.29) is 18.4 Å². The number of carbonyl (C=O) groups excluding carboxylic acids is 1. The molecule has 1 amide bonds. The summed E-state index contributed by atoms with van der Waals surface area (Å²) in [4.78, 5) is 16.9. The Hall–Kier alpha value is -2.71. The third kappa shape index (κ3) is 4.39. The summed E-state index contributed by atoms with van der Waals surface area (Å²) in [5.41, 5.74) is 4.54. The predicted octanol–water partition coefficient (Wildman–Crippen LogP) is 3.38. The summed E-state index contributed by atoms with van der Waals surface area (Å²) in [6.45, 7) is 2.41. The van der Waals surface area contributed by atoms with E-state index in [1.807, 2.05) is 60.8 Å². The number of carbonyl (C=O) groups is 1. The van der Waals surface area contributed by atoms with Gasteiger partial charge in [0.05, 0.1) is 24.1 Å². The Labute approximate surface area is 180 Å². The maximum absolute atomic E-state index is 12.2. The van der Waals surface area contributed by atoms with Gasteiger partial charge in [0.15, 0.2) is 0 Å². The van der Waals surface area contributed by atoms with Crippen molar-refractivity contribution in [1.29, 1.82) is 0 Å². The molecule has 0 spiro atoms. The first-order valence-corrected chi connectivity index (χ1v) is 12.4. The van der Waals surface area contributed by atoms with E-state index in [0.29, 0.717) is 13.0 Å². The first kappa shape index (κ1) is 20.6. The summed E-state index contributed by atoms with van der Waals surface area (Å²) in [6, 6.07) is 15.4. The molecule has 6 nitrogen and oxygen atoms in total. The molecule has 0 saturated heterocycles. The highest BCUT2D eigenvalue weighted by atomic mass is 32.2. The summed E-state index contributed by atoms with van der Waals surface area (Å²) in [7, 11) is -3.30. The van der Waals surface area contributed by atoms with E-state index in [2.05, 4.69) is 10.3 Å². The smallest absolute Gasteiger partial charge is 0.232 e. The second-order valence-corrected chi connectivity index (χ2v) is 10.3. The zero-order valence-electron chi connectivity index (χ0n) is 16.8. The second kappa shape index (κ2) is 8.20. The van der Waals surface area contributed by atoms with Gasteiger partial charge in [0.25, 0.3) is 0 Å². The molecule has 2 heterocycles. The molecule has 8 heteroatoms. The normalized spacial score (nSPS) is 15.8. The molecule has 0 radical (unpaired) electrons. The summed E-state index contributed by atoms with van der Waals surface area (Å²) >= 11 is 1.45. The molecule has 30 heavy (non-hydrogen) atoms. The fourth-order valence-electron chi connectivity index (χ4n) is 3.79. The van der Waals surface area contributed by atoms with Gasteiger partial charge < -0.3 is 5.32 Å². The summed E-state index contributed by atoms with van der Waals surface area (Å²) < 4.78 is 25.7. The molecule has 2 aromatic carbocycles. The number of benzene rings is 2. The number of anilines is 1. The van der Waals surface area contributed by atoms with Crippen molar-refractivity contribution in [2.24, 2.45) is 0 Å². The Balaban J connectivity index is 1.44. The van der Waals surface area contributed by atoms with Gasteiger partial charge in [0, 0.05) is 23.5 Å². The van der Waals surface area contributed by atoms with Crippen LogP contribution in [0.2, 0.25) is 0 Å². The Morgan fingerprint density at radius 1 is 1.23 bits per heavy atom. The minimum Gasteiger partial charge on any atom is -0.352 e. The number of nitrogens with one attached hydrogen (secondary N) is 1. The van der Waals surface area contributed by atoms with Crippen LogP contribution in [0.3, 0.4) is 0 Å². The van der Waals surface area contributed by atoms with Gasteiger partial charge in [-0.2, -0.15) is 0 Å². The van der Waals surface area contributed by atoms with Gasteiger partial charge in [-0.15, -0.1) is 11.3 Å². The number of fused-ring (bicyclic) bond motifs is 1. The van der Waals surface area contributed by atoms with Crippen molar-refractivity contribution < 1.29 is 13.2 Å². The Morgan fingerprint density at radius 3 is 2.73 bits per heavy atom. The number of rotatable bonds is 6.